The zero-order valence-corrected chi connectivity index (χ0v) is 16.4. The van der Waals surface area contributed by atoms with E-state index in [1.807, 2.05) is 42.6 Å². The van der Waals surface area contributed by atoms with Crippen LogP contribution in [0.5, 0.6) is 5.75 Å². The molecule has 0 bridgehead atoms. The Morgan fingerprint density at radius 2 is 1.86 bits per heavy atom. The highest BCUT2D eigenvalue weighted by Gasteiger charge is 2.13. The van der Waals surface area contributed by atoms with Gasteiger partial charge in [0.2, 0.25) is 0 Å². The van der Waals surface area contributed by atoms with Crippen molar-refractivity contribution < 1.29 is 14.3 Å². The van der Waals surface area contributed by atoms with Crippen molar-refractivity contribution in [2.24, 2.45) is 0 Å². The maximum atomic E-state index is 12.3. The number of rotatable bonds is 7. The lowest BCUT2D eigenvalue weighted by Crippen LogP contribution is -2.10. The van der Waals surface area contributed by atoms with Crippen LogP contribution in [0.25, 0.3) is 5.69 Å². The number of hydrogen-bond donors (Lipinski definition) is 0. The average molecular weight is 407 g/mol. The molecule has 0 saturated heterocycles. The van der Waals surface area contributed by atoms with E-state index in [0.717, 1.165) is 16.4 Å². The Hall–Kier alpha value is -3.59. The standard InChI is InChI=1S/C20H17N5O3S/c1-14-21-16(13-29-14)11-27-18-9-7-15(8-10-18)20(26)28-12-19-22-23-24-25(19)17-5-3-2-4-6-17/h2-10,13H,11-12H2,1H3. The number of aromatic nitrogens is 5. The minimum atomic E-state index is -0.464. The molecule has 0 radical (unpaired) electrons. The van der Waals surface area contributed by atoms with Crippen LogP contribution in [0.4, 0.5) is 0 Å². The van der Waals surface area contributed by atoms with Gasteiger partial charge in [0.25, 0.3) is 0 Å². The number of hydrogen-bond acceptors (Lipinski definition) is 8. The van der Waals surface area contributed by atoms with E-state index < -0.39 is 5.97 Å². The fourth-order valence-corrected chi connectivity index (χ4v) is 3.20. The fraction of sp³-hybridized carbons (Fsp3) is 0.150. The molecule has 0 aliphatic rings. The smallest absolute Gasteiger partial charge is 0.338 e. The molecule has 146 valence electrons. The van der Waals surface area contributed by atoms with E-state index in [9.17, 15) is 4.79 Å². The largest absolute Gasteiger partial charge is 0.487 e. The van der Waals surface area contributed by atoms with E-state index in [2.05, 4.69) is 20.5 Å². The van der Waals surface area contributed by atoms with Gasteiger partial charge in [-0.1, -0.05) is 18.2 Å². The molecule has 0 atom stereocenters. The number of para-hydroxylation sites is 1. The quantitative estimate of drug-likeness (QED) is 0.434. The SMILES string of the molecule is Cc1nc(COc2ccc(C(=O)OCc3nnnn3-c3ccccc3)cc2)cs1. The molecule has 0 amide bonds. The average Bonchev–Trinajstić information content (AvgIpc) is 3.40. The van der Waals surface area contributed by atoms with Crippen LogP contribution in [-0.4, -0.2) is 31.2 Å². The third-order valence-corrected chi connectivity index (χ3v) is 4.83. The number of carbonyl (C=O) groups is 1. The summed E-state index contributed by atoms with van der Waals surface area (Å²) >= 11 is 1.58. The van der Waals surface area contributed by atoms with Crippen molar-refractivity contribution in [2.75, 3.05) is 0 Å². The minimum absolute atomic E-state index is 0.0395. The summed E-state index contributed by atoms with van der Waals surface area (Å²) in [6, 6.07) is 16.2. The number of aryl methyl sites for hydroxylation is 1. The van der Waals surface area contributed by atoms with Crippen molar-refractivity contribution in [3.63, 3.8) is 0 Å². The first-order valence-electron chi connectivity index (χ1n) is 8.83. The highest BCUT2D eigenvalue weighted by molar-refractivity contribution is 7.09. The fourth-order valence-electron chi connectivity index (χ4n) is 2.60. The van der Waals surface area contributed by atoms with Gasteiger partial charge in [0.15, 0.2) is 12.4 Å². The molecule has 2 aromatic carbocycles. The Morgan fingerprint density at radius 3 is 2.59 bits per heavy atom. The van der Waals surface area contributed by atoms with Gasteiger partial charge in [-0.25, -0.2) is 9.78 Å². The van der Waals surface area contributed by atoms with Gasteiger partial charge in [0, 0.05) is 5.38 Å². The van der Waals surface area contributed by atoms with Crippen molar-refractivity contribution in [2.45, 2.75) is 20.1 Å². The molecule has 0 spiro atoms. The van der Waals surface area contributed by atoms with Gasteiger partial charge in [-0.05, 0) is 53.7 Å². The highest BCUT2D eigenvalue weighted by Crippen LogP contribution is 2.16. The second kappa shape index (κ2) is 8.61. The molecule has 0 unspecified atom stereocenters. The van der Waals surface area contributed by atoms with Crippen molar-refractivity contribution in [1.29, 1.82) is 0 Å². The summed E-state index contributed by atoms with van der Waals surface area (Å²) in [6.45, 7) is 2.30. The summed E-state index contributed by atoms with van der Waals surface area (Å²) in [5, 5.41) is 14.5. The lowest BCUT2D eigenvalue weighted by Gasteiger charge is -2.07. The molecule has 2 heterocycles. The van der Waals surface area contributed by atoms with Crippen molar-refractivity contribution in [3.8, 4) is 11.4 Å². The van der Waals surface area contributed by atoms with Crippen LogP contribution in [-0.2, 0) is 18.0 Å². The maximum absolute atomic E-state index is 12.3. The molecule has 4 aromatic rings. The number of ether oxygens (including phenoxy) is 2. The number of thiazole rings is 1. The summed E-state index contributed by atoms with van der Waals surface area (Å²) in [5.41, 5.74) is 2.09. The number of tetrazole rings is 1. The van der Waals surface area contributed by atoms with Crippen molar-refractivity contribution >= 4 is 17.3 Å². The van der Waals surface area contributed by atoms with E-state index in [4.69, 9.17) is 9.47 Å². The van der Waals surface area contributed by atoms with Gasteiger partial charge in [-0.2, -0.15) is 4.68 Å². The van der Waals surface area contributed by atoms with Gasteiger partial charge >= 0.3 is 5.97 Å². The van der Waals surface area contributed by atoms with Crippen molar-refractivity contribution in [1.82, 2.24) is 25.2 Å². The molecule has 9 heteroatoms. The van der Waals surface area contributed by atoms with Crippen LogP contribution < -0.4 is 4.74 Å². The zero-order valence-electron chi connectivity index (χ0n) is 15.6. The monoisotopic (exact) mass is 407 g/mol. The summed E-state index contributed by atoms with van der Waals surface area (Å²) in [4.78, 5) is 16.7. The van der Waals surface area contributed by atoms with Crippen LogP contribution in [0.1, 0.15) is 26.9 Å². The van der Waals surface area contributed by atoms with Gasteiger partial charge in [-0.3, -0.25) is 0 Å². The van der Waals surface area contributed by atoms with Gasteiger partial charge in [0.05, 0.1) is 22.0 Å². The van der Waals surface area contributed by atoms with Crippen LogP contribution in [0.15, 0.2) is 60.0 Å². The Labute approximate surface area is 170 Å². The lowest BCUT2D eigenvalue weighted by molar-refractivity contribution is 0.0459. The second-order valence-electron chi connectivity index (χ2n) is 6.09. The third kappa shape index (κ3) is 4.64. The highest BCUT2D eigenvalue weighted by atomic mass is 32.1. The predicted octanol–water partition coefficient (Wildman–Crippen LogP) is 3.36. The van der Waals surface area contributed by atoms with E-state index >= 15 is 0 Å². The first-order valence-corrected chi connectivity index (χ1v) is 9.71. The molecular weight excluding hydrogens is 390 g/mol. The van der Waals surface area contributed by atoms with E-state index in [0.29, 0.717) is 23.7 Å². The van der Waals surface area contributed by atoms with Gasteiger partial charge in [-0.15, -0.1) is 16.4 Å². The molecule has 0 aliphatic heterocycles. The molecule has 2 aromatic heterocycles. The Morgan fingerprint density at radius 1 is 1.07 bits per heavy atom. The summed E-state index contributed by atoms with van der Waals surface area (Å²) in [7, 11) is 0. The van der Waals surface area contributed by atoms with Gasteiger partial charge in [0.1, 0.15) is 12.4 Å². The first kappa shape index (κ1) is 18.8. The van der Waals surface area contributed by atoms with Crippen LogP contribution in [0.3, 0.4) is 0 Å². The molecule has 29 heavy (non-hydrogen) atoms. The third-order valence-electron chi connectivity index (χ3n) is 4.01. The number of nitrogens with zero attached hydrogens (tertiary/aromatic N) is 5. The topological polar surface area (TPSA) is 92.0 Å². The van der Waals surface area contributed by atoms with Crippen LogP contribution >= 0.6 is 11.3 Å². The zero-order chi connectivity index (χ0) is 20.1. The molecule has 0 aliphatic carbocycles. The first-order chi connectivity index (χ1) is 14.2. The van der Waals surface area contributed by atoms with Gasteiger partial charge < -0.3 is 9.47 Å². The number of carbonyl (C=O) groups excluding carboxylic acids is 1. The van der Waals surface area contributed by atoms with Crippen LogP contribution in [0, 0.1) is 6.92 Å². The molecule has 0 saturated carbocycles. The Kier molecular flexibility index (Phi) is 5.57. The minimum Gasteiger partial charge on any atom is -0.487 e. The number of esters is 1. The molecule has 0 N–H and O–H groups in total. The summed E-state index contributed by atoms with van der Waals surface area (Å²) < 4.78 is 12.6. The van der Waals surface area contributed by atoms with Crippen LogP contribution in [0.2, 0.25) is 0 Å². The Balaban J connectivity index is 1.34. The summed E-state index contributed by atoms with van der Waals surface area (Å²) in [5.74, 6) is 0.623. The normalized spacial score (nSPS) is 10.7. The second-order valence-corrected chi connectivity index (χ2v) is 7.15. The van der Waals surface area contributed by atoms with E-state index in [1.165, 1.54) is 4.68 Å². The summed E-state index contributed by atoms with van der Waals surface area (Å²) in [6.07, 6.45) is 0. The van der Waals surface area contributed by atoms with E-state index in [-0.39, 0.29) is 6.61 Å². The Bertz CT molecular complexity index is 1090. The molecule has 4 rings (SSSR count). The van der Waals surface area contributed by atoms with E-state index in [1.54, 1.807) is 35.6 Å². The molecular formula is C20H17N5O3S. The number of benzene rings is 2. The van der Waals surface area contributed by atoms with Crippen molar-refractivity contribution in [3.05, 3.63) is 82.1 Å². The molecule has 8 nitrogen and oxygen atoms in total. The maximum Gasteiger partial charge on any atom is 0.338 e. The lowest BCUT2D eigenvalue weighted by atomic mass is 10.2. The predicted molar refractivity (Wildman–Crippen MR) is 106 cm³/mol. The molecule has 0 fully saturated rings.